The van der Waals surface area contributed by atoms with Crippen molar-refractivity contribution in [3.05, 3.63) is 22.8 Å². The second-order valence-electron chi connectivity index (χ2n) is 3.37. The molecule has 0 heterocycles. The zero-order valence-electron chi connectivity index (χ0n) is 9.55. The van der Waals surface area contributed by atoms with Crippen LogP contribution in [0, 0.1) is 25.2 Å². The Morgan fingerprint density at radius 3 is 2.40 bits per heavy atom. The second kappa shape index (κ2) is 4.70. The van der Waals surface area contributed by atoms with Crippen LogP contribution in [0.2, 0.25) is 0 Å². The normalized spacial score (nSPS) is 9.53. The maximum atomic E-state index is 8.74. The molecular formula is C12H15NO2. The van der Waals surface area contributed by atoms with E-state index in [0.717, 1.165) is 16.7 Å². The van der Waals surface area contributed by atoms with Crippen LogP contribution in [-0.2, 0) is 6.42 Å². The zero-order chi connectivity index (χ0) is 11.4. The maximum absolute atomic E-state index is 8.74. The summed E-state index contributed by atoms with van der Waals surface area (Å²) in [5.74, 6) is 1.43. The molecule has 0 saturated heterocycles. The van der Waals surface area contributed by atoms with E-state index in [4.69, 9.17) is 14.7 Å². The van der Waals surface area contributed by atoms with Crippen molar-refractivity contribution in [2.24, 2.45) is 0 Å². The van der Waals surface area contributed by atoms with E-state index in [9.17, 15) is 0 Å². The summed E-state index contributed by atoms with van der Waals surface area (Å²) in [5, 5.41) is 8.74. The SMILES string of the molecule is COc1cc(C)c(CC#N)c(C)c1OC. The number of ether oxygens (including phenoxy) is 2. The summed E-state index contributed by atoms with van der Waals surface area (Å²) < 4.78 is 10.5. The summed E-state index contributed by atoms with van der Waals surface area (Å²) in [6, 6.07) is 4.06. The number of aryl methyl sites for hydroxylation is 1. The van der Waals surface area contributed by atoms with Gasteiger partial charge in [-0.1, -0.05) is 0 Å². The molecule has 1 aromatic carbocycles. The fourth-order valence-corrected chi connectivity index (χ4v) is 1.72. The second-order valence-corrected chi connectivity index (χ2v) is 3.37. The van der Waals surface area contributed by atoms with E-state index in [1.54, 1.807) is 14.2 Å². The van der Waals surface area contributed by atoms with E-state index in [1.165, 1.54) is 0 Å². The third kappa shape index (κ3) is 2.04. The molecule has 0 aliphatic carbocycles. The third-order valence-electron chi connectivity index (χ3n) is 2.52. The molecule has 0 unspecified atom stereocenters. The first-order valence-electron chi connectivity index (χ1n) is 4.73. The first-order valence-corrected chi connectivity index (χ1v) is 4.73. The summed E-state index contributed by atoms with van der Waals surface area (Å²) in [5.41, 5.74) is 3.07. The lowest BCUT2D eigenvalue weighted by atomic mass is 9.99. The van der Waals surface area contributed by atoms with Crippen LogP contribution < -0.4 is 9.47 Å². The Balaban J connectivity index is 3.39. The van der Waals surface area contributed by atoms with Crippen molar-refractivity contribution in [1.29, 1.82) is 5.26 Å². The van der Waals surface area contributed by atoms with E-state index in [2.05, 4.69) is 6.07 Å². The Hall–Kier alpha value is -1.69. The minimum Gasteiger partial charge on any atom is -0.493 e. The molecule has 3 nitrogen and oxygen atoms in total. The summed E-state index contributed by atoms with van der Waals surface area (Å²) in [7, 11) is 3.22. The fraction of sp³-hybridized carbons (Fsp3) is 0.417. The topological polar surface area (TPSA) is 42.2 Å². The van der Waals surface area contributed by atoms with Gasteiger partial charge in [0.05, 0.1) is 26.7 Å². The molecule has 1 rings (SSSR count). The van der Waals surface area contributed by atoms with E-state index in [-0.39, 0.29) is 0 Å². The van der Waals surface area contributed by atoms with Crippen molar-refractivity contribution >= 4 is 0 Å². The lowest BCUT2D eigenvalue weighted by molar-refractivity contribution is 0.352. The Morgan fingerprint density at radius 1 is 1.27 bits per heavy atom. The van der Waals surface area contributed by atoms with Crippen LogP contribution in [0.15, 0.2) is 6.07 Å². The average Bonchev–Trinajstić information content (AvgIpc) is 2.23. The number of nitriles is 1. The molecule has 0 atom stereocenters. The van der Waals surface area contributed by atoms with Crippen LogP contribution in [0.5, 0.6) is 11.5 Å². The van der Waals surface area contributed by atoms with E-state index in [0.29, 0.717) is 17.9 Å². The molecule has 0 bridgehead atoms. The van der Waals surface area contributed by atoms with Crippen LogP contribution in [-0.4, -0.2) is 14.2 Å². The minimum absolute atomic E-state index is 0.401. The number of hydrogen-bond donors (Lipinski definition) is 0. The summed E-state index contributed by atoms with van der Waals surface area (Å²) in [4.78, 5) is 0. The van der Waals surface area contributed by atoms with Crippen LogP contribution >= 0.6 is 0 Å². The highest BCUT2D eigenvalue weighted by atomic mass is 16.5. The standard InChI is InChI=1S/C12H15NO2/c1-8-7-11(14-3)12(15-4)9(2)10(8)5-6-13/h7H,5H2,1-4H3. The van der Waals surface area contributed by atoms with Gasteiger partial charge in [-0.3, -0.25) is 0 Å². The van der Waals surface area contributed by atoms with Gasteiger partial charge in [0.25, 0.3) is 0 Å². The molecule has 80 valence electrons. The molecule has 0 fully saturated rings. The van der Waals surface area contributed by atoms with Gasteiger partial charge in [-0.2, -0.15) is 5.26 Å². The Kier molecular flexibility index (Phi) is 3.56. The molecule has 3 heteroatoms. The molecule has 0 radical (unpaired) electrons. The largest absolute Gasteiger partial charge is 0.493 e. The first kappa shape index (κ1) is 11.4. The van der Waals surface area contributed by atoms with Crippen molar-refractivity contribution in [3.8, 4) is 17.6 Å². The van der Waals surface area contributed by atoms with E-state index >= 15 is 0 Å². The molecule has 0 amide bonds. The molecule has 1 aromatic rings. The highest BCUT2D eigenvalue weighted by Gasteiger charge is 2.13. The molecule has 0 aliphatic heterocycles. The number of methoxy groups -OCH3 is 2. The Bertz CT molecular complexity index is 405. The lowest BCUT2D eigenvalue weighted by Crippen LogP contribution is -1.99. The van der Waals surface area contributed by atoms with Gasteiger partial charge < -0.3 is 9.47 Å². The van der Waals surface area contributed by atoms with Crippen LogP contribution in [0.3, 0.4) is 0 Å². The average molecular weight is 205 g/mol. The van der Waals surface area contributed by atoms with E-state index < -0.39 is 0 Å². The summed E-state index contributed by atoms with van der Waals surface area (Å²) in [6.45, 7) is 3.92. The monoisotopic (exact) mass is 205 g/mol. The van der Waals surface area contributed by atoms with E-state index in [1.807, 2.05) is 19.9 Å². The number of rotatable bonds is 3. The van der Waals surface area contributed by atoms with Crippen LogP contribution in [0.25, 0.3) is 0 Å². The highest BCUT2D eigenvalue weighted by molar-refractivity contribution is 5.54. The van der Waals surface area contributed by atoms with Gasteiger partial charge in [0.1, 0.15) is 0 Å². The van der Waals surface area contributed by atoms with Crippen molar-refractivity contribution in [2.45, 2.75) is 20.3 Å². The molecule has 0 spiro atoms. The van der Waals surface area contributed by atoms with Gasteiger partial charge in [0.2, 0.25) is 0 Å². The number of benzene rings is 1. The fourth-order valence-electron chi connectivity index (χ4n) is 1.72. The van der Waals surface area contributed by atoms with Gasteiger partial charge in [-0.05, 0) is 36.6 Å². The maximum Gasteiger partial charge on any atom is 0.163 e. The van der Waals surface area contributed by atoms with Crippen LogP contribution in [0.1, 0.15) is 16.7 Å². The van der Waals surface area contributed by atoms with Crippen molar-refractivity contribution in [2.75, 3.05) is 14.2 Å². The van der Waals surface area contributed by atoms with Gasteiger partial charge >= 0.3 is 0 Å². The van der Waals surface area contributed by atoms with Crippen LogP contribution in [0.4, 0.5) is 0 Å². The zero-order valence-corrected chi connectivity index (χ0v) is 9.55. The van der Waals surface area contributed by atoms with Gasteiger partial charge in [0.15, 0.2) is 11.5 Å². The molecule has 0 saturated carbocycles. The van der Waals surface area contributed by atoms with Crippen molar-refractivity contribution < 1.29 is 9.47 Å². The molecule has 0 aliphatic rings. The van der Waals surface area contributed by atoms with Gasteiger partial charge in [-0.15, -0.1) is 0 Å². The number of nitrogens with zero attached hydrogens (tertiary/aromatic N) is 1. The number of hydrogen-bond acceptors (Lipinski definition) is 3. The predicted octanol–water partition coefficient (Wildman–Crippen LogP) is 2.39. The Morgan fingerprint density at radius 2 is 1.93 bits per heavy atom. The minimum atomic E-state index is 0.401. The molecule has 0 aromatic heterocycles. The third-order valence-corrected chi connectivity index (χ3v) is 2.52. The predicted molar refractivity (Wildman–Crippen MR) is 58.3 cm³/mol. The molecule has 0 N–H and O–H groups in total. The first-order chi connectivity index (χ1) is 7.15. The van der Waals surface area contributed by atoms with Gasteiger partial charge in [0, 0.05) is 0 Å². The smallest absolute Gasteiger partial charge is 0.163 e. The molecule has 15 heavy (non-hydrogen) atoms. The summed E-state index contributed by atoms with van der Waals surface area (Å²) >= 11 is 0. The van der Waals surface area contributed by atoms with Gasteiger partial charge in [-0.25, -0.2) is 0 Å². The van der Waals surface area contributed by atoms with Crippen molar-refractivity contribution in [1.82, 2.24) is 0 Å². The van der Waals surface area contributed by atoms with Crippen molar-refractivity contribution in [3.63, 3.8) is 0 Å². The highest BCUT2D eigenvalue weighted by Crippen LogP contribution is 2.35. The lowest BCUT2D eigenvalue weighted by Gasteiger charge is -2.15. The molecular weight excluding hydrogens is 190 g/mol. The quantitative estimate of drug-likeness (QED) is 0.760. The summed E-state index contributed by atoms with van der Waals surface area (Å²) in [6.07, 6.45) is 0.401. The Labute approximate surface area is 90.2 Å².